The van der Waals surface area contributed by atoms with Gasteiger partial charge in [-0.2, -0.15) is 0 Å². The quantitative estimate of drug-likeness (QED) is 0.909. The van der Waals surface area contributed by atoms with E-state index in [0.717, 1.165) is 0 Å². The van der Waals surface area contributed by atoms with Crippen LogP contribution in [-0.4, -0.2) is 43.7 Å². The molecule has 0 aromatic heterocycles. The number of anilines is 1. The smallest absolute Gasteiger partial charge is 0.317 e. The maximum atomic E-state index is 13.9. The number of piperazine rings is 1. The van der Waals surface area contributed by atoms with Crippen molar-refractivity contribution < 1.29 is 9.18 Å². The highest BCUT2D eigenvalue weighted by Crippen LogP contribution is 2.22. The van der Waals surface area contributed by atoms with Gasteiger partial charge in [0.2, 0.25) is 0 Å². The molecule has 1 N–H and O–H groups in total. The summed E-state index contributed by atoms with van der Waals surface area (Å²) in [5, 5.41) is 3.05. The lowest BCUT2D eigenvalue weighted by atomic mass is 9.85. The minimum absolute atomic E-state index is 0.0535. The Hall–Kier alpha value is -2.56. The van der Waals surface area contributed by atoms with E-state index in [1.807, 2.05) is 29.2 Å². The van der Waals surface area contributed by atoms with Crippen molar-refractivity contribution in [1.29, 1.82) is 0 Å². The second-order valence-corrected chi connectivity index (χ2v) is 7.33. The van der Waals surface area contributed by atoms with Crippen LogP contribution in [-0.2, 0) is 5.41 Å². The van der Waals surface area contributed by atoms with Crippen LogP contribution >= 0.6 is 0 Å². The van der Waals surface area contributed by atoms with Gasteiger partial charge < -0.3 is 15.1 Å². The molecule has 2 amide bonds. The van der Waals surface area contributed by atoms with Crippen LogP contribution in [0, 0.1) is 5.82 Å². The Morgan fingerprint density at radius 2 is 1.62 bits per heavy atom. The van der Waals surface area contributed by atoms with E-state index in [1.165, 1.54) is 11.6 Å². The fraction of sp³-hybridized carbons (Fsp3) is 0.381. The van der Waals surface area contributed by atoms with E-state index >= 15 is 0 Å². The van der Waals surface area contributed by atoms with Gasteiger partial charge in [-0.05, 0) is 17.7 Å². The first-order valence-corrected chi connectivity index (χ1v) is 9.05. The van der Waals surface area contributed by atoms with Crippen LogP contribution in [0.5, 0.6) is 0 Å². The third-order valence-electron chi connectivity index (χ3n) is 5.00. The van der Waals surface area contributed by atoms with Gasteiger partial charge in [0, 0.05) is 38.1 Å². The Balaban J connectivity index is 1.52. The fourth-order valence-electron chi connectivity index (χ4n) is 3.26. The molecule has 2 aromatic rings. The number of para-hydroxylation sites is 1. The molecular formula is C21H26FN3O. The Labute approximate surface area is 154 Å². The maximum absolute atomic E-state index is 13.9. The molecule has 1 aliphatic heterocycles. The molecule has 1 heterocycles. The zero-order valence-electron chi connectivity index (χ0n) is 15.4. The van der Waals surface area contributed by atoms with E-state index in [0.29, 0.717) is 38.4 Å². The van der Waals surface area contributed by atoms with E-state index < -0.39 is 0 Å². The van der Waals surface area contributed by atoms with Crippen molar-refractivity contribution in [2.75, 3.05) is 37.6 Å². The van der Waals surface area contributed by atoms with Gasteiger partial charge in [0.05, 0.1) is 5.69 Å². The number of urea groups is 1. The predicted molar refractivity (Wildman–Crippen MR) is 103 cm³/mol. The highest BCUT2D eigenvalue weighted by atomic mass is 19.1. The second kappa shape index (κ2) is 7.77. The first-order valence-electron chi connectivity index (χ1n) is 9.05. The van der Waals surface area contributed by atoms with E-state index in [4.69, 9.17) is 0 Å². The molecule has 2 aromatic carbocycles. The molecule has 1 fully saturated rings. The van der Waals surface area contributed by atoms with Crippen molar-refractivity contribution in [2.45, 2.75) is 19.3 Å². The molecule has 0 saturated carbocycles. The maximum Gasteiger partial charge on any atom is 0.317 e. The predicted octanol–water partition coefficient (Wildman–Crippen LogP) is 3.64. The van der Waals surface area contributed by atoms with Crippen LogP contribution in [0.1, 0.15) is 19.4 Å². The number of carbonyl (C=O) groups is 1. The Morgan fingerprint density at radius 3 is 2.27 bits per heavy atom. The van der Waals surface area contributed by atoms with Crippen LogP contribution in [0.2, 0.25) is 0 Å². The first-order chi connectivity index (χ1) is 12.5. The molecular weight excluding hydrogens is 329 g/mol. The molecule has 4 nitrogen and oxygen atoms in total. The average Bonchev–Trinajstić information content (AvgIpc) is 2.67. The topological polar surface area (TPSA) is 35.6 Å². The number of carbonyl (C=O) groups excluding carboxylic acids is 1. The molecule has 5 heteroatoms. The standard InChI is InChI=1S/C21H26FN3O/c1-21(2,17-8-4-3-5-9-17)16-23-20(26)25-14-12-24(13-15-25)19-11-7-6-10-18(19)22/h3-11H,12-16H2,1-2H3,(H,23,26). The summed E-state index contributed by atoms with van der Waals surface area (Å²) in [6.07, 6.45) is 0. The lowest BCUT2D eigenvalue weighted by Gasteiger charge is -2.37. The molecule has 0 radical (unpaired) electrons. The van der Waals surface area contributed by atoms with Crippen molar-refractivity contribution in [1.82, 2.24) is 10.2 Å². The van der Waals surface area contributed by atoms with Crippen molar-refractivity contribution in [2.24, 2.45) is 0 Å². The molecule has 0 unspecified atom stereocenters. The number of benzene rings is 2. The Morgan fingerprint density at radius 1 is 1.00 bits per heavy atom. The highest BCUT2D eigenvalue weighted by Gasteiger charge is 2.25. The van der Waals surface area contributed by atoms with Gasteiger partial charge in [-0.3, -0.25) is 0 Å². The third kappa shape index (κ3) is 4.15. The fourth-order valence-corrected chi connectivity index (χ4v) is 3.26. The van der Waals surface area contributed by atoms with Crippen LogP contribution < -0.4 is 10.2 Å². The van der Waals surface area contributed by atoms with Crippen LogP contribution in [0.15, 0.2) is 54.6 Å². The molecule has 0 aliphatic carbocycles. The summed E-state index contributed by atoms with van der Waals surface area (Å²) in [6.45, 7) is 7.27. The van der Waals surface area contributed by atoms with Crippen LogP contribution in [0.25, 0.3) is 0 Å². The SMILES string of the molecule is CC(C)(CNC(=O)N1CCN(c2ccccc2F)CC1)c1ccccc1. The summed E-state index contributed by atoms with van der Waals surface area (Å²) in [6, 6.07) is 16.9. The number of rotatable bonds is 4. The van der Waals surface area contributed by atoms with E-state index in [1.54, 1.807) is 17.0 Å². The van der Waals surface area contributed by atoms with Crippen molar-refractivity contribution in [3.63, 3.8) is 0 Å². The molecule has 0 spiro atoms. The first kappa shape index (κ1) is 18.2. The molecule has 0 atom stereocenters. The summed E-state index contributed by atoms with van der Waals surface area (Å²) >= 11 is 0. The molecule has 138 valence electrons. The molecule has 1 saturated heterocycles. The number of halogens is 1. The number of nitrogens with zero attached hydrogens (tertiary/aromatic N) is 2. The Bertz CT molecular complexity index is 740. The third-order valence-corrected chi connectivity index (χ3v) is 5.00. The largest absolute Gasteiger partial charge is 0.366 e. The number of nitrogens with one attached hydrogen (secondary N) is 1. The van der Waals surface area contributed by atoms with Crippen molar-refractivity contribution in [3.8, 4) is 0 Å². The molecule has 3 rings (SSSR count). The van der Waals surface area contributed by atoms with Crippen LogP contribution in [0.3, 0.4) is 0 Å². The molecule has 26 heavy (non-hydrogen) atoms. The number of hydrogen-bond donors (Lipinski definition) is 1. The molecule has 0 bridgehead atoms. The van der Waals surface area contributed by atoms with Crippen LogP contribution in [0.4, 0.5) is 14.9 Å². The number of hydrogen-bond acceptors (Lipinski definition) is 2. The summed E-state index contributed by atoms with van der Waals surface area (Å²) in [5.74, 6) is -0.213. The van der Waals surface area contributed by atoms with E-state index in [2.05, 4.69) is 31.3 Å². The average molecular weight is 355 g/mol. The lowest BCUT2D eigenvalue weighted by Crippen LogP contribution is -2.53. The zero-order chi connectivity index (χ0) is 18.6. The monoisotopic (exact) mass is 355 g/mol. The van der Waals surface area contributed by atoms with E-state index in [-0.39, 0.29) is 17.3 Å². The Kier molecular flexibility index (Phi) is 5.45. The van der Waals surface area contributed by atoms with Gasteiger partial charge in [0.1, 0.15) is 5.82 Å². The van der Waals surface area contributed by atoms with Crippen molar-refractivity contribution >= 4 is 11.7 Å². The summed E-state index contributed by atoms with van der Waals surface area (Å²) in [7, 11) is 0. The van der Waals surface area contributed by atoms with Crippen molar-refractivity contribution in [3.05, 3.63) is 66.0 Å². The summed E-state index contributed by atoms with van der Waals surface area (Å²) in [5.41, 5.74) is 1.67. The summed E-state index contributed by atoms with van der Waals surface area (Å²) in [4.78, 5) is 16.3. The van der Waals surface area contributed by atoms with Gasteiger partial charge in [-0.15, -0.1) is 0 Å². The van der Waals surface area contributed by atoms with Gasteiger partial charge >= 0.3 is 6.03 Å². The summed E-state index contributed by atoms with van der Waals surface area (Å²) < 4.78 is 13.9. The minimum Gasteiger partial charge on any atom is -0.366 e. The lowest BCUT2D eigenvalue weighted by molar-refractivity contribution is 0.192. The highest BCUT2D eigenvalue weighted by molar-refractivity contribution is 5.74. The van der Waals surface area contributed by atoms with Gasteiger partial charge in [-0.25, -0.2) is 9.18 Å². The van der Waals surface area contributed by atoms with E-state index in [9.17, 15) is 9.18 Å². The normalized spacial score (nSPS) is 15.0. The zero-order valence-corrected chi connectivity index (χ0v) is 15.4. The van der Waals surface area contributed by atoms with Gasteiger partial charge in [-0.1, -0.05) is 56.3 Å². The molecule has 1 aliphatic rings. The van der Waals surface area contributed by atoms with Gasteiger partial charge in [0.25, 0.3) is 0 Å². The second-order valence-electron chi connectivity index (χ2n) is 7.33. The van der Waals surface area contributed by atoms with Gasteiger partial charge in [0.15, 0.2) is 0 Å². The minimum atomic E-state index is -0.213. The number of amides is 2.